The van der Waals surface area contributed by atoms with Crippen molar-refractivity contribution >= 4 is 17.3 Å². The Morgan fingerprint density at radius 1 is 1.07 bits per heavy atom. The zero-order chi connectivity index (χ0) is 20.2. The van der Waals surface area contributed by atoms with Crippen molar-refractivity contribution < 1.29 is 4.79 Å². The summed E-state index contributed by atoms with van der Waals surface area (Å²) in [5.74, 6) is -0.316. The molecule has 4 rings (SSSR count). The maximum atomic E-state index is 12.8. The maximum absolute atomic E-state index is 12.8. The summed E-state index contributed by atoms with van der Waals surface area (Å²) < 4.78 is 1.34. The van der Waals surface area contributed by atoms with Crippen LogP contribution in [0.3, 0.4) is 0 Å². The lowest BCUT2D eigenvalue weighted by molar-refractivity contribution is 0.101. The van der Waals surface area contributed by atoms with Crippen molar-refractivity contribution in [2.24, 2.45) is 0 Å². The SMILES string of the molecule is CCCn1nc(C(=O)Nc2ccccc2CN2CCc3ccccc32)ccc1=O. The van der Waals surface area contributed by atoms with Gasteiger partial charge >= 0.3 is 0 Å². The Hall–Kier alpha value is -3.41. The Kier molecular flexibility index (Phi) is 5.42. The fourth-order valence-electron chi connectivity index (χ4n) is 3.68. The average molecular weight is 388 g/mol. The van der Waals surface area contributed by atoms with Gasteiger partial charge in [-0.05, 0) is 42.2 Å². The largest absolute Gasteiger partial charge is 0.367 e. The van der Waals surface area contributed by atoms with Gasteiger partial charge in [0.25, 0.3) is 11.5 Å². The lowest BCUT2D eigenvalue weighted by Crippen LogP contribution is -2.26. The van der Waals surface area contributed by atoms with Gasteiger partial charge < -0.3 is 10.2 Å². The minimum atomic E-state index is -0.316. The highest BCUT2D eigenvalue weighted by atomic mass is 16.2. The smallest absolute Gasteiger partial charge is 0.276 e. The van der Waals surface area contributed by atoms with Crippen molar-refractivity contribution in [3.05, 3.63) is 87.8 Å². The lowest BCUT2D eigenvalue weighted by atomic mass is 10.1. The number of benzene rings is 2. The number of para-hydroxylation sites is 2. The number of nitrogens with one attached hydrogen (secondary N) is 1. The fourth-order valence-corrected chi connectivity index (χ4v) is 3.68. The van der Waals surface area contributed by atoms with E-state index in [0.717, 1.165) is 37.2 Å². The second kappa shape index (κ2) is 8.31. The van der Waals surface area contributed by atoms with Crippen molar-refractivity contribution in [2.45, 2.75) is 32.9 Å². The number of hydrogen-bond donors (Lipinski definition) is 1. The van der Waals surface area contributed by atoms with Crippen LogP contribution < -0.4 is 15.8 Å². The number of anilines is 2. The molecule has 0 fully saturated rings. The number of carbonyl (C=O) groups is 1. The summed E-state index contributed by atoms with van der Waals surface area (Å²) in [5.41, 5.74) is 4.45. The third-order valence-electron chi connectivity index (χ3n) is 5.14. The molecule has 1 aromatic heterocycles. The highest BCUT2D eigenvalue weighted by molar-refractivity contribution is 6.03. The number of fused-ring (bicyclic) bond motifs is 1. The number of amides is 1. The van der Waals surface area contributed by atoms with Crippen LogP contribution in [0.5, 0.6) is 0 Å². The molecule has 1 aliphatic heterocycles. The van der Waals surface area contributed by atoms with Crippen LogP contribution in [0, 0.1) is 0 Å². The summed E-state index contributed by atoms with van der Waals surface area (Å²) in [7, 11) is 0. The van der Waals surface area contributed by atoms with Gasteiger partial charge in [0.2, 0.25) is 0 Å². The molecule has 0 bridgehead atoms. The average Bonchev–Trinajstić information content (AvgIpc) is 3.14. The molecule has 0 unspecified atom stereocenters. The van der Waals surface area contributed by atoms with Gasteiger partial charge in [0.1, 0.15) is 5.69 Å². The van der Waals surface area contributed by atoms with Gasteiger partial charge in [0.15, 0.2) is 0 Å². The van der Waals surface area contributed by atoms with Gasteiger partial charge in [-0.3, -0.25) is 9.59 Å². The molecular formula is C23H24N4O2. The highest BCUT2D eigenvalue weighted by Crippen LogP contribution is 2.30. The molecule has 0 atom stereocenters. The Morgan fingerprint density at radius 3 is 2.72 bits per heavy atom. The summed E-state index contributed by atoms with van der Waals surface area (Å²) in [6, 6.07) is 19.1. The Bertz CT molecular complexity index is 1090. The normalized spacial score (nSPS) is 12.7. The quantitative estimate of drug-likeness (QED) is 0.702. The molecule has 6 heteroatoms. The van der Waals surface area contributed by atoms with Crippen molar-refractivity contribution in [1.82, 2.24) is 9.78 Å². The van der Waals surface area contributed by atoms with Crippen LogP contribution in [0.1, 0.15) is 35.0 Å². The Morgan fingerprint density at radius 2 is 1.86 bits per heavy atom. The van der Waals surface area contributed by atoms with Crippen LogP contribution in [0.2, 0.25) is 0 Å². The number of aryl methyl sites for hydroxylation is 1. The van der Waals surface area contributed by atoms with Crippen LogP contribution in [0.25, 0.3) is 0 Å². The second-order valence-electron chi connectivity index (χ2n) is 7.19. The molecular weight excluding hydrogens is 364 g/mol. The Balaban J connectivity index is 1.54. The standard InChI is InChI=1S/C23H24N4O2/c1-2-14-27-22(28)12-11-20(25-27)23(29)24-19-9-5-3-8-18(19)16-26-15-13-17-7-4-6-10-21(17)26/h3-12H,2,13-16H2,1H3,(H,24,29). The minimum Gasteiger partial charge on any atom is -0.367 e. The van der Waals surface area contributed by atoms with Crippen molar-refractivity contribution in [3.63, 3.8) is 0 Å². The molecule has 2 aromatic carbocycles. The summed E-state index contributed by atoms with van der Waals surface area (Å²) in [5, 5.41) is 7.17. The summed E-state index contributed by atoms with van der Waals surface area (Å²) in [4.78, 5) is 27.0. The molecule has 0 radical (unpaired) electrons. The fraction of sp³-hybridized carbons (Fsp3) is 0.261. The van der Waals surface area contributed by atoms with Crippen LogP contribution in [-0.4, -0.2) is 22.2 Å². The molecule has 6 nitrogen and oxygen atoms in total. The predicted molar refractivity (Wildman–Crippen MR) is 114 cm³/mol. The minimum absolute atomic E-state index is 0.198. The van der Waals surface area contributed by atoms with Gasteiger partial charge in [0, 0.05) is 37.1 Å². The number of nitrogens with zero attached hydrogens (tertiary/aromatic N) is 3. The molecule has 0 saturated heterocycles. The third kappa shape index (κ3) is 4.06. The zero-order valence-corrected chi connectivity index (χ0v) is 16.5. The van der Waals surface area contributed by atoms with E-state index in [0.29, 0.717) is 6.54 Å². The first-order chi connectivity index (χ1) is 14.2. The first-order valence-corrected chi connectivity index (χ1v) is 9.96. The summed E-state index contributed by atoms with van der Waals surface area (Å²) in [6.45, 7) is 4.14. The molecule has 1 amide bonds. The molecule has 1 aliphatic rings. The van der Waals surface area contributed by atoms with E-state index in [-0.39, 0.29) is 17.2 Å². The number of rotatable bonds is 6. The van der Waals surface area contributed by atoms with E-state index < -0.39 is 0 Å². The topological polar surface area (TPSA) is 67.2 Å². The van der Waals surface area contributed by atoms with E-state index in [4.69, 9.17) is 0 Å². The van der Waals surface area contributed by atoms with E-state index >= 15 is 0 Å². The third-order valence-corrected chi connectivity index (χ3v) is 5.14. The van der Waals surface area contributed by atoms with Crippen LogP contribution in [0.15, 0.2) is 65.5 Å². The molecule has 0 saturated carbocycles. The van der Waals surface area contributed by atoms with Gasteiger partial charge in [0.05, 0.1) is 0 Å². The van der Waals surface area contributed by atoms with Crippen molar-refractivity contribution in [1.29, 1.82) is 0 Å². The first kappa shape index (κ1) is 18.9. The van der Waals surface area contributed by atoms with E-state index in [9.17, 15) is 9.59 Å². The van der Waals surface area contributed by atoms with Gasteiger partial charge in [-0.1, -0.05) is 43.3 Å². The lowest BCUT2D eigenvalue weighted by Gasteiger charge is -2.21. The molecule has 148 valence electrons. The number of aromatic nitrogens is 2. The number of hydrogen-bond acceptors (Lipinski definition) is 4. The predicted octanol–water partition coefficient (Wildman–Crippen LogP) is 3.47. The molecule has 0 spiro atoms. The molecule has 29 heavy (non-hydrogen) atoms. The zero-order valence-electron chi connectivity index (χ0n) is 16.5. The Labute approximate surface area is 169 Å². The number of carbonyl (C=O) groups excluding carboxylic acids is 1. The molecule has 3 aromatic rings. The molecule has 2 heterocycles. The van der Waals surface area contributed by atoms with Gasteiger partial charge in [-0.25, -0.2) is 4.68 Å². The molecule has 0 aliphatic carbocycles. The van der Waals surface area contributed by atoms with Gasteiger partial charge in [-0.15, -0.1) is 0 Å². The highest BCUT2D eigenvalue weighted by Gasteiger charge is 2.20. The van der Waals surface area contributed by atoms with E-state index in [1.54, 1.807) is 0 Å². The summed E-state index contributed by atoms with van der Waals surface area (Å²) in [6.07, 6.45) is 1.81. The van der Waals surface area contributed by atoms with E-state index in [1.807, 2.05) is 31.2 Å². The van der Waals surface area contributed by atoms with Gasteiger partial charge in [-0.2, -0.15) is 5.10 Å². The second-order valence-corrected chi connectivity index (χ2v) is 7.19. The maximum Gasteiger partial charge on any atom is 0.276 e. The monoisotopic (exact) mass is 388 g/mol. The first-order valence-electron chi connectivity index (χ1n) is 9.96. The van der Waals surface area contributed by atoms with Crippen LogP contribution in [0.4, 0.5) is 11.4 Å². The van der Waals surface area contributed by atoms with Crippen molar-refractivity contribution in [2.75, 3.05) is 16.8 Å². The van der Waals surface area contributed by atoms with Crippen LogP contribution in [-0.2, 0) is 19.5 Å². The van der Waals surface area contributed by atoms with Crippen molar-refractivity contribution in [3.8, 4) is 0 Å². The molecule has 1 N–H and O–H groups in total. The van der Waals surface area contributed by atoms with Crippen LogP contribution >= 0.6 is 0 Å². The van der Waals surface area contributed by atoms with E-state index in [2.05, 4.69) is 39.6 Å². The van der Waals surface area contributed by atoms with E-state index in [1.165, 1.54) is 28.1 Å². The summed E-state index contributed by atoms with van der Waals surface area (Å²) >= 11 is 0.